The Hall–Kier alpha value is -1.31. The fourth-order valence-electron chi connectivity index (χ4n) is 8.18. The Bertz CT molecular complexity index is 998. The van der Waals surface area contributed by atoms with Crippen LogP contribution in [0.3, 0.4) is 0 Å². The number of hydrogen-bond donors (Lipinski definition) is 0. The number of ketones is 1. The van der Waals surface area contributed by atoms with Crippen molar-refractivity contribution in [3.05, 3.63) is 70.8 Å². The Balaban J connectivity index is 1.17. The quantitative estimate of drug-likeness (QED) is 0.206. The van der Waals surface area contributed by atoms with Crippen LogP contribution in [0.15, 0.2) is 48.5 Å². The summed E-state index contributed by atoms with van der Waals surface area (Å²) in [7, 11) is 0. The van der Waals surface area contributed by atoms with E-state index in [1.54, 1.807) is 0 Å². The molecule has 0 radical (unpaired) electrons. The molecule has 3 heteroatoms. The van der Waals surface area contributed by atoms with Gasteiger partial charge in [-0.3, -0.25) is 4.79 Å². The second kappa shape index (κ2) is 12.3. The average Bonchev–Trinajstić information content (AvgIpc) is 2.98. The number of alkyl halides is 2. The maximum Gasteiger partial charge on any atom is 0.151 e. The van der Waals surface area contributed by atoms with E-state index in [0.29, 0.717) is 17.6 Å². The number of unbranched alkanes of at least 4 members (excludes halogenated alkanes) is 4. The highest BCUT2D eigenvalue weighted by Crippen LogP contribution is 2.75. The van der Waals surface area contributed by atoms with Crippen LogP contribution in [-0.2, 0) is 17.6 Å². The van der Waals surface area contributed by atoms with Crippen molar-refractivity contribution in [3.8, 4) is 0 Å². The van der Waals surface area contributed by atoms with E-state index in [2.05, 4.69) is 62.4 Å². The average molecular weight is 568 g/mol. The summed E-state index contributed by atoms with van der Waals surface area (Å²) in [5, 5.41) is 0. The van der Waals surface area contributed by atoms with Gasteiger partial charge < -0.3 is 0 Å². The lowest BCUT2D eigenvalue weighted by atomic mass is 9.42. The molecule has 0 heterocycles. The molecule has 1 nitrogen and oxygen atoms in total. The number of halogens is 2. The Kier molecular flexibility index (Phi) is 9.19. The minimum absolute atomic E-state index is 0.384. The van der Waals surface area contributed by atoms with E-state index in [1.165, 1.54) is 73.6 Å². The van der Waals surface area contributed by atoms with E-state index in [1.807, 2.05) is 0 Å². The summed E-state index contributed by atoms with van der Waals surface area (Å²) in [4.78, 5) is 14.0. The number of aryl methyl sites for hydroxylation is 2. The Labute approximate surface area is 247 Å². The molecule has 3 fully saturated rings. The lowest BCUT2D eigenvalue weighted by Gasteiger charge is -2.67. The highest BCUT2D eigenvalue weighted by atomic mass is 35.5. The number of hydrogen-bond acceptors (Lipinski definition) is 1. The van der Waals surface area contributed by atoms with Gasteiger partial charge in [-0.1, -0.05) is 111 Å². The molecule has 3 aliphatic carbocycles. The molecule has 0 N–H and O–H groups in total. The summed E-state index contributed by atoms with van der Waals surface area (Å²) < 4.78 is -0.931. The lowest BCUT2D eigenvalue weighted by molar-refractivity contribution is -0.170. The van der Waals surface area contributed by atoms with Gasteiger partial charge in [0.15, 0.2) is 5.78 Å². The van der Waals surface area contributed by atoms with Crippen molar-refractivity contribution in [1.82, 2.24) is 0 Å². The molecule has 0 aromatic heterocycles. The maximum absolute atomic E-state index is 14.0. The summed E-state index contributed by atoms with van der Waals surface area (Å²) in [6.07, 6.45) is 17.3. The first kappa shape index (κ1) is 29.2. The first-order chi connectivity index (χ1) is 18.9. The molecule has 212 valence electrons. The molecular weight excluding hydrogens is 519 g/mol. The van der Waals surface area contributed by atoms with Crippen LogP contribution in [0, 0.1) is 10.8 Å². The first-order valence-corrected chi connectivity index (χ1v) is 16.7. The van der Waals surface area contributed by atoms with Gasteiger partial charge >= 0.3 is 0 Å². The van der Waals surface area contributed by atoms with Gasteiger partial charge in [-0.05, 0) is 111 Å². The number of benzene rings is 2. The van der Waals surface area contributed by atoms with Crippen LogP contribution in [0.5, 0.6) is 0 Å². The molecule has 3 aliphatic rings. The van der Waals surface area contributed by atoms with Gasteiger partial charge in [-0.2, -0.15) is 0 Å². The Morgan fingerprint density at radius 3 is 1.28 bits per heavy atom. The van der Waals surface area contributed by atoms with Gasteiger partial charge in [0.25, 0.3) is 0 Å². The fourth-order valence-corrected chi connectivity index (χ4v) is 9.28. The van der Waals surface area contributed by atoms with Crippen LogP contribution in [0.4, 0.5) is 0 Å². The van der Waals surface area contributed by atoms with E-state index in [9.17, 15) is 4.79 Å². The van der Waals surface area contributed by atoms with Crippen molar-refractivity contribution in [3.63, 3.8) is 0 Å². The third-order valence-electron chi connectivity index (χ3n) is 10.8. The molecule has 0 atom stereocenters. The Morgan fingerprint density at radius 1 is 0.615 bits per heavy atom. The van der Waals surface area contributed by atoms with Crippen molar-refractivity contribution in [1.29, 1.82) is 0 Å². The summed E-state index contributed by atoms with van der Waals surface area (Å²) >= 11 is 14.5. The smallest absolute Gasteiger partial charge is 0.151 e. The molecule has 0 saturated heterocycles. The Morgan fingerprint density at radius 2 is 0.974 bits per heavy atom. The third-order valence-corrected chi connectivity index (χ3v) is 12.2. The number of carbonyl (C=O) groups is 1. The zero-order valence-electron chi connectivity index (χ0n) is 24.3. The zero-order chi connectivity index (χ0) is 27.5. The topological polar surface area (TPSA) is 17.1 Å². The standard InChI is InChI=1S/C36H48Cl2O/c1-3-5-7-9-27-11-15-29(16-12-27)31-19-23-34(24-20-31)33(39)35(36(34,37)38)25-21-32(22-26-35)30-17-13-28(14-18-30)10-8-6-4-2/h11-18,31-32H,3-10,19-26H2,1-2H3. The van der Waals surface area contributed by atoms with Gasteiger partial charge in [0.2, 0.25) is 0 Å². The number of Topliss-reactive ketones (excluding diaryl/α,β-unsaturated/α-hetero) is 1. The summed E-state index contributed by atoms with van der Waals surface area (Å²) in [5.41, 5.74) is 4.62. The molecule has 2 aromatic rings. The molecule has 5 rings (SSSR count). The monoisotopic (exact) mass is 566 g/mol. The van der Waals surface area contributed by atoms with Crippen LogP contribution in [0.1, 0.15) is 138 Å². The van der Waals surface area contributed by atoms with Gasteiger partial charge in [-0.25, -0.2) is 0 Å². The predicted molar refractivity (Wildman–Crippen MR) is 166 cm³/mol. The fraction of sp³-hybridized carbons (Fsp3) is 0.639. The van der Waals surface area contributed by atoms with E-state index < -0.39 is 15.2 Å². The molecule has 0 aliphatic heterocycles. The van der Waals surface area contributed by atoms with E-state index in [4.69, 9.17) is 23.2 Å². The summed E-state index contributed by atoms with van der Waals surface area (Å²) in [5.74, 6) is 1.40. The second-order valence-corrected chi connectivity index (χ2v) is 14.3. The normalized spacial score (nSPS) is 30.0. The number of carbonyl (C=O) groups excluding carboxylic acids is 1. The van der Waals surface area contributed by atoms with Crippen molar-refractivity contribution in [2.45, 2.75) is 133 Å². The molecular formula is C36H48Cl2O. The van der Waals surface area contributed by atoms with E-state index in [-0.39, 0.29) is 0 Å². The lowest BCUT2D eigenvalue weighted by Crippen LogP contribution is -2.74. The predicted octanol–water partition coefficient (Wildman–Crippen LogP) is 10.9. The highest BCUT2D eigenvalue weighted by Gasteiger charge is 2.79. The van der Waals surface area contributed by atoms with Gasteiger partial charge in [-0.15, -0.1) is 0 Å². The van der Waals surface area contributed by atoms with Gasteiger partial charge in [0, 0.05) is 0 Å². The molecule has 2 spiro atoms. The summed E-state index contributed by atoms with van der Waals surface area (Å²) in [6, 6.07) is 18.5. The SMILES string of the molecule is CCCCCc1ccc(C2CCC3(CC2)C(=O)C2(CCC(c4ccc(CCCCC)cc4)CC2)C3(Cl)Cl)cc1. The van der Waals surface area contributed by atoms with Gasteiger partial charge in [0.1, 0.15) is 4.33 Å². The summed E-state index contributed by atoms with van der Waals surface area (Å²) in [6.45, 7) is 4.51. The van der Waals surface area contributed by atoms with Crippen molar-refractivity contribution >= 4 is 29.0 Å². The van der Waals surface area contributed by atoms with Crippen LogP contribution in [0.25, 0.3) is 0 Å². The minimum atomic E-state index is -0.931. The maximum atomic E-state index is 14.0. The van der Waals surface area contributed by atoms with Crippen LogP contribution >= 0.6 is 23.2 Å². The van der Waals surface area contributed by atoms with Crippen LogP contribution < -0.4 is 0 Å². The second-order valence-electron chi connectivity index (χ2n) is 13.0. The van der Waals surface area contributed by atoms with Crippen LogP contribution in [0.2, 0.25) is 0 Å². The minimum Gasteiger partial charge on any atom is -0.298 e. The largest absolute Gasteiger partial charge is 0.298 e. The van der Waals surface area contributed by atoms with Crippen molar-refractivity contribution < 1.29 is 4.79 Å². The van der Waals surface area contributed by atoms with Crippen LogP contribution in [-0.4, -0.2) is 10.1 Å². The zero-order valence-corrected chi connectivity index (χ0v) is 25.8. The first-order valence-electron chi connectivity index (χ1n) is 16.0. The van der Waals surface area contributed by atoms with Crippen molar-refractivity contribution in [2.24, 2.45) is 10.8 Å². The van der Waals surface area contributed by atoms with E-state index in [0.717, 1.165) is 51.4 Å². The molecule has 0 bridgehead atoms. The molecule has 2 aromatic carbocycles. The van der Waals surface area contributed by atoms with E-state index >= 15 is 0 Å². The molecule has 39 heavy (non-hydrogen) atoms. The molecule has 0 amide bonds. The van der Waals surface area contributed by atoms with Crippen molar-refractivity contribution in [2.75, 3.05) is 0 Å². The number of rotatable bonds is 10. The third kappa shape index (κ3) is 5.37. The van der Waals surface area contributed by atoms with Gasteiger partial charge in [0.05, 0.1) is 10.8 Å². The molecule has 3 saturated carbocycles. The molecule has 0 unspecified atom stereocenters. The highest BCUT2D eigenvalue weighted by molar-refractivity contribution is 6.55.